The van der Waals surface area contributed by atoms with Crippen molar-refractivity contribution in [2.75, 3.05) is 31.1 Å². The van der Waals surface area contributed by atoms with E-state index in [9.17, 15) is 0 Å². The van der Waals surface area contributed by atoms with E-state index >= 15 is 0 Å². The molecule has 1 aromatic carbocycles. The summed E-state index contributed by atoms with van der Waals surface area (Å²) in [7, 11) is 0. The fourth-order valence-corrected chi connectivity index (χ4v) is 2.51. The molecule has 0 aromatic heterocycles. The SMILES string of the molecule is Cc1cc(Cl)ccc1N1CCNCC(C)C1. The highest BCUT2D eigenvalue weighted by Gasteiger charge is 2.15. The van der Waals surface area contributed by atoms with E-state index in [1.165, 1.54) is 11.3 Å². The van der Waals surface area contributed by atoms with Gasteiger partial charge in [0.15, 0.2) is 0 Å². The van der Waals surface area contributed by atoms with Crippen molar-refractivity contribution in [1.29, 1.82) is 0 Å². The van der Waals surface area contributed by atoms with Crippen molar-refractivity contribution in [3.8, 4) is 0 Å². The van der Waals surface area contributed by atoms with E-state index < -0.39 is 0 Å². The van der Waals surface area contributed by atoms with E-state index in [1.54, 1.807) is 0 Å². The zero-order valence-corrected chi connectivity index (χ0v) is 10.7. The van der Waals surface area contributed by atoms with Gasteiger partial charge in [0.2, 0.25) is 0 Å². The minimum atomic E-state index is 0.692. The fraction of sp³-hybridized carbons (Fsp3) is 0.538. The molecule has 0 radical (unpaired) electrons. The van der Waals surface area contributed by atoms with Crippen molar-refractivity contribution < 1.29 is 0 Å². The molecule has 1 heterocycles. The second kappa shape index (κ2) is 5.07. The lowest BCUT2D eigenvalue weighted by Gasteiger charge is -2.26. The zero-order chi connectivity index (χ0) is 11.5. The number of rotatable bonds is 1. The number of benzene rings is 1. The maximum absolute atomic E-state index is 5.99. The highest BCUT2D eigenvalue weighted by molar-refractivity contribution is 6.30. The van der Waals surface area contributed by atoms with Crippen molar-refractivity contribution in [2.45, 2.75) is 13.8 Å². The van der Waals surface area contributed by atoms with Crippen molar-refractivity contribution in [3.63, 3.8) is 0 Å². The summed E-state index contributed by atoms with van der Waals surface area (Å²) in [5.74, 6) is 0.692. The molecule has 1 N–H and O–H groups in total. The summed E-state index contributed by atoms with van der Waals surface area (Å²) in [6.45, 7) is 8.79. The number of aryl methyl sites for hydroxylation is 1. The van der Waals surface area contributed by atoms with Gasteiger partial charge in [-0.05, 0) is 43.1 Å². The van der Waals surface area contributed by atoms with E-state index in [1.807, 2.05) is 12.1 Å². The van der Waals surface area contributed by atoms with Gasteiger partial charge in [-0.1, -0.05) is 18.5 Å². The molecule has 2 nitrogen and oxygen atoms in total. The Morgan fingerprint density at radius 3 is 3.00 bits per heavy atom. The molecular weight excluding hydrogens is 220 g/mol. The molecule has 1 atom stereocenters. The number of halogens is 1. The van der Waals surface area contributed by atoms with E-state index in [-0.39, 0.29) is 0 Å². The van der Waals surface area contributed by atoms with Crippen LogP contribution in [0.2, 0.25) is 5.02 Å². The number of anilines is 1. The highest BCUT2D eigenvalue weighted by atomic mass is 35.5. The standard InChI is InChI=1S/C13H19ClN2/c1-10-8-15-5-6-16(9-10)13-4-3-12(14)7-11(13)2/h3-4,7,10,15H,5-6,8-9H2,1-2H3. The Balaban J connectivity index is 2.21. The molecule has 0 saturated carbocycles. The van der Waals surface area contributed by atoms with Gasteiger partial charge >= 0.3 is 0 Å². The maximum Gasteiger partial charge on any atom is 0.0410 e. The second-order valence-corrected chi connectivity index (χ2v) is 5.12. The molecule has 0 aliphatic carbocycles. The molecule has 1 unspecified atom stereocenters. The molecule has 1 aliphatic rings. The van der Waals surface area contributed by atoms with Crippen LogP contribution in [-0.4, -0.2) is 26.2 Å². The normalized spacial score (nSPS) is 21.9. The highest BCUT2D eigenvalue weighted by Crippen LogP contribution is 2.24. The van der Waals surface area contributed by atoms with Crippen molar-refractivity contribution in [3.05, 3.63) is 28.8 Å². The Labute approximate surface area is 103 Å². The lowest BCUT2D eigenvalue weighted by Crippen LogP contribution is -2.29. The fourth-order valence-electron chi connectivity index (χ4n) is 2.29. The van der Waals surface area contributed by atoms with Crippen LogP contribution in [0, 0.1) is 12.8 Å². The monoisotopic (exact) mass is 238 g/mol. The summed E-state index contributed by atoms with van der Waals surface area (Å²) >= 11 is 5.99. The van der Waals surface area contributed by atoms with Crippen LogP contribution in [0.25, 0.3) is 0 Å². The first-order valence-electron chi connectivity index (χ1n) is 5.88. The second-order valence-electron chi connectivity index (χ2n) is 4.69. The molecule has 1 aliphatic heterocycles. The van der Waals surface area contributed by atoms with Crippen molar-refractivity contribution >= 4 is 17.3 Å². The van der Waals surface area contributed by atoms with Gasteiger partial charge < -0.3 is 10.2 Å². The van der Waals surface area contributed by atoms with Gasteiger partial charge in [-0.25, -0.2) is 0 Å². The first-order valence-corrected chi connectivity index (χ1v) is 6.26. The summed E-state index contributed by atoms with van der Waals surface area (Å²) in [6, 6.07) is 6.16. The largest absolute Gasteiger partial charge is 0.370 e. The van der Waals surface area contributed by atoms with Crippen LogP contribution in [0.4, 0.5) is 5.69 Å². The van der Waals surface area contributed by atoms with Gasteiger partial charge in [0.05, 0.1) is 0 Å². The number of hydrogen-bond donors (Lipinski definition) is 1. The summed E-state index contributed by atoms with van der Waals surface area (Å²) in [5.41, 5.74) is 2.58. The zero-order valence-electron chi connectivity index (χ0n) is 9.96. The van der Waals surface area contributed by atoms with E-state index in [0.717, 1.165) is 31.2 Å². The summed E-state index contributed by atoms with van der Waals surface area (Å²) in [6.07, 6.45) is 0. The van der Waals surface area contributed by atoms with Crippen molar-refractivity contribution in [1.82, 2.24) is 5.32 Å². The van der Waals surface area contributed by atoms with Crippen LogP contribution in [0.5, 0.6) is 0 Å². The predicted molar refractivity (Wildman–Crippen MR) is 70.4 cm³/mol. The molecule has 1 fully saturated rings. The Morgan fingerprint density at radius 1 is 1.44 bits per heavy atom. The molecule has 1 aromatic rings. The first kappa shape index (κ1) is 11.7. The van der Waals surface area contributed by atoms with E-state index in [4.69, 9.17) is 11.6 Å². The number of nitrogens with one attached hydrogen (secondary N) is 1. The van der Waals surface area contributed by atoms with Gasteiger partial charge in [0.25, 0.3) is 0 Å². The van der Waals surface area contributed by atoms with Crippen LogP contribution >= 0.6 is 11.6 Å². The van der Waals surface area contributed by atoms with E-state index in [2.05, 4.69) is 30.1 Å². The summed E-state index contributed by atoms with van der Waals surface area (Å²) in [5, 5.41) is 4.28. The number of hydrogen-bond acceptors (Lipinski definition) is 2. The Kier molecular flexibility index (Phi) is 3.72. The Hall–Kier alpha value is -0.730. The molecule has 0 spiro atoms. The van der Waals surface area contributed by atoms with Crippen LogP contribution < -0.4 is 10.2 Å². The smallest absolute Gasteiger partial charge is 0.0410 e. The van der Waals surface area contributed by atoms with Crippen molar-refractivity contribution in [2.24, 2.45) is 5.92 Å². The first-order chi connectivity index (χ1) is 7.66. The molecule has 0 bridgehead atoms. The quantitative estimate of drug-likeness (QED) is 0.810. The van der Waals surface area contributed by atoms with Crippen LogP contribution in [0.3, 0.4) is 0 Å². The van der Waals surface area contributed by atoms with Crippen LogP contribution in [0.1, 0.15) is 12.5 Å². The van der Waals surface area contributed by atoms with Gasteiger partial charge in [-0.15, -0.1) is 0 Å². The van der Waals surface area contributed by atoms with Gasteiger partial charge in [0, 0.05) is 30.3 Å². The van der Waals surface area contributed by atoms with Gasteiger partial charge in [-0.2, -0.15) is 0 Å². The predicted octanol–water partition coefficient (Wildman–Crippen LogP) is 2.69. The molecule has 88 valence electrons. The average Bonchev–Trinajstić information content (AvgIpc) is 2.43. The van der Waals surface area contributed by atoms with Gasteiger partial charge in [-0.3, -0.25) is 0 Å². The lowest BCUT2D eigenvalue weighted by molar-refractivity contribution is 0.564. The third-order valence-corrected chi connectivity index (χ3v) is 3.32. The third kappa shape index (κ3) is 2.69. The maximum atomic E-state index is 5.99. The summed E-state index contributed by atoms with van der Waals surface area (Å²) in [4.78, 5) is 2.45. The number of nitrogens with zero attached hydrogens (tertiary/aromatic N) is 1. The molecule has 16 heavy (non-hydrogen) atoms. The molecule has 1 saturated heterocycles. The minimum Gasteiger partial charge on any atom is -0.370 e. The minimum absolute atomic E-state index is 0.692. The molecule has 0 amide bonds. The van der Waals surface area contributed by atoms with Gasteiger partial charge in [0.1, 0.15) is 0 Å². The Morgan fingerprint density at radius 2 is 2.25 bits per heavy atom. The molecular formula is C13H19ClN2. The average molecular weight is 239 g/mol. The van der Waals surface area contributed by atoms with Crippen LogP contribution in [-0.2, 0) is 0 Å². The Bertz CT molecular complexity index is 365. The topological polar surface area (TPSA) is 15.3 Å². The molecule has 2 rings (SSSR count). The lowest BCUT2D eigenvalue weighted by atomic mass is 10.1. The summed E-state index contributed by atoms with van der Waals surface area (Å²) < 4.78 is 0. The van der Waals surface area contributed by atoms with E-state index in [0.29, 0.717) is 5.92 Å². The van der Waals surface area contributed by atoms with Crippen LogP contribution in [0.15, 0.2) is 18.2 Å². The third-order valence-electron chi connectivity index (χ3n) is 3.08. The molecule has 3 heteroatoms.